The molecule has 186 valence electrons. The molecule has 1 N–H and O–H groups in total. The van der Waals surface area contributed by atoms with Gasteiger partial charge in [-0.3, -0.25) is 9.59 Å². The van der Waals surface area contributed by atoms with Crippen LogP contribution in [0.4, 0.5) is 5.69 Å². The molecule has 2 amide bonds. The van der Waals surface area contributed by atoms with Gasteiger partial charge in [0.05, 0.1) is 19.0 Å². The molecule has 1 atom stereocenters. The highest BCUT2D eigenvalue weighted by atomic mass is 35.5. The van der Waals surface area contributed by atoms with Gasteiger partial charge in [0.25, 0.3) is 5.91 Å². The van der Waals surface area contributed by atoms with Crippen molar-refractivity contribution in [1.29, 1.82) is 0 Å². The highest BCUT2D eigenvalue weighted by Crippen LogP contribution is 2.39. The van der Waals surface area contributed by atoms with Crippen molar-refractivity contribution in [2.75, 3.05) is 37.0 Å². The molecule has 6 nitrogen and oxygen atoms in total. The fraction of sp³-hybridized carbons (Fsp3) is 0.286. The summed E-state index contributed by atoms with van der Waals surface area (Å²) in [4.78, 5) is 29.5. The van der Waals surface area contributed by atoms with Gasteiger partial charge in [0.1, 0.15) is 5.37 Å². The van der Waals surface area contributed by atoms with Crippen LogP contribution in [0.25, 0.3) is 0 Å². The number of halogens is 1. The zero-order valence-electron chi connectivity index (χ0n) is 19.9. The fourth-order valence-corrected chi connectivity index (χ4v) is 5.73. The number of hydrogen-bond acceptors (Lipinski definition) is 5. The number of hydrogen-bond donors (Lipinski definition) is 1. The zero-order valence-corrected chi connectivity index (χ0v) is 21.4. The third-order valence-corrected chi connectivity index (χ3v) is 7.97. The van der Waals surface area contributed by atoms with Crippen LogP contribution in [-0.4, -0.2) is 48.8 Å². The molecule has 2 fully saturated rings. The minimum absolute atomic E-state index is 0.0738. The van der Waals surface area contributed by atoms with Crippen LogP contribution in [-0.2, 0) is 22.6 Å². The van der Waals surface area contributed by atoms with E-state index < -0.39 is 0 Å². The number of carbonyl (C=O) groups excluding carboxylic acids is 2. The minimum Gasteiger partial charge on any atom is -0.378 e. The molecule has 0 aliphatic carbocycles. The lowest BCUT2D eigenvalue weighted by Crippen LogP contribution is -2.36. The van der Waals surface area contributed by atoms with Gasteiger partial charge < -0.3 is 19.9 Å². The second-order valence-corrected chi connectivity index (χ2v) is 10.4. The molecule has 8 heteroatoms. The molecule has 0 unspecified atom stereocenters. The van der Waals surface area contributed by atoms with Crippen molar-refractivity contribution >= 4 is 40.9 Å². The lowest BCUT2D eigenvalue weighted by Gasteiger charge is -2.28. The Kier molecular flexibility index (Phi) is 7.80. The summed E-state index contributed by atoms with van der Waals surface area (Å²) in [6.45, 7) is 4.31. The van der Waals surface area contributed by atoms with Crippen molar-refractivity contribution < 1.29 is 14.3 Å². The standard InChI is InChI=1S/C28H28ClN3O3S/c29-24-9-1-21(2-10-24)18-32-26(33)19-36-28(32)23-7-5-22(6-8-23)27(34)30-17-20-3-11-25(12-4-20)31-13-15-35-16-14-31/h1-12,28H,13-19H2,(H,30,34)/t28-/m0/s1. The van der Waals surface area contributed by atoms with Crippen LogP contribution in [0.5, 0.6) is 0 Å². The molecule has 0 bridgehead atoms. The van der Waals surface area contributed by atoms with E-state index in [-0.39, 0.29) is 17.2 Å². The number of amides is 2. The first kappa shape index (κ1) is 24.7. The lowest BCUT2D eigenvalue weighted by molar-refractivity contribution is -0.128. The van der Waals surface area contributed by atoms with Crippen molar-refractivity contribution in [2.24, 2.45) is 0 Å². The Bertz CT molecular complexity index is 1200. The molecule has 0 saturated carbocycles. The molecule has 3 aromatic carbocycles. The fourth-order valence-electron chi connectivity index (χ4n) is 4.42. The maximum absolute atomic E-state index is 12.7. The monoisotopic (exact) mass is 521 g/mol. The molecular weight excluding hydrogens is 494 g/mol. The molecule has 5 rings (SSSR count). The number of carbonyl (C=O) groups is 2. The molecular formula is C28H28ClN3O3S. The second kappa shape index (κ2) is 11.4. The van der Waals surface area contributed by atoms with Gasteiger partial charge in [-0.1, -0.05) is 48.0 Å². The van der Waals surface area contributed by atoms with Gasteiger partial charge >= 0.3 is 0 Å². The van der Waals surface area contributed by atoms with Crippen LogP contribution < -0.4 is 10.2 Å². The molecule has 3 aromatic rings. The van der Waals surface area contributed by atoms with E-state index in [1.54, 1.807) is 11.8 Å². The number of morpholine rings is 1. The third kappa shape index (κ3) is 5.86. The smallest absolute Gasteiger partial charge is 0.251 e. The quantitative estimate of drug-likeness (QED) is 0.480. The summed E-state index contributed by atoms with van der Waals surface area (Å²) < 4.78 is 5.41. The zero-order chi connectivity index (χ0) is 24.9. The van der Waals surface area contributed by atoms with Crippen molar-refractivity contribution in [3.63, 3.8) is 0 Å². The number of nitrogens with one attached hydrogen (secondary N) is 1. The molecule has 0 aromatic heterocycles. The van der Waals surface area contributed by atoms with Crippen molar-refractivity contribution in [1.82, 2.24) is 10.2 Å². The van der Waals surface area contributed by atoms with Crippen molar-refractivity contribution in [2.45, 2.75) is 18.5 Å². The second-order valence-electron chi connectivity index (χ2n) is 8.88. The minimum atomic E-state index is -0.119. The molecule has 0 radical (unpaired) electrons. The van der Waals surface area contributed by atoms with E-state index in [1.807, 2.05) is 53.4 Å². The van der Waals surface area contributed by atoms with Crippen molar-refractivity contribution in [3.05, 3.63) is 100 Å². The van der Waals surface area contributed by atoms with Gasteiger partial charge in [-0.05, 0) is 53.1 Å². The number of anilines is 1. The van der Waals surface area contributed by atoms with E-state index in [1.165, 1.54) is 5.69 Å². The van der Waals surface area contributed by atoms with Crippen LogP contribution in [0.3, 0.4) is 0 Å². The Hall–Kier alpha value is -3.00. The maximum atomic E-state index is 12.7. The van der Waals surface area contributed by atoms with Crippen LogP contribution in [0.1, 0.15) is 32.4 Å². The van der Waals surface area contributed by atoms with Gasteiger partial charge in [0.2, 0.25) is 5.91 Å². The summed E-state index contributed by atoms with van der Waals surface area (Å²) in [6, 6.07) is 23.4. The summed E-state index contributed by atoms with van der Waals surface area (Å²) in [6.07, 6.45) is 0. The highest BCUT2D eigenvalue weighted by molar-refractivity contribution is 8.00. The van der Waals surface area contributed by atoms with Crippen LogP contribution in [0, 0.1) is 0 Å². The summed E-state index contributed by atoms with van der Waals surface area (Å²) in [7, 11) is 0. The number of rotatable bonds is 7. The summed E-state index contributed by atoms with van der Waals surface area (Å²) in [5.41, 5.74) is 4.87. The first-order valence-electron chi connectivity index (χ1n) is 12.0. The predicted octanol–water partition coefficient (Wildman–Crippen LogP) is 4.88. The van der Waals surface area contributed by atoms with E-state index in [0.717, 1.165) is 43.0 Å². The van der Waals surface area contributed by atoms with E-state index in [4.69, 9.17) is 16.3 Å². The normalized spacial score (nSPS) is 17.9. The van der Waals surface area contributed by atoms with Crippen LogP contribution in [0.15, 0.2) is 72.8 Å². The van der Waals surface area contributed by atoms with Gasteiger partial charge in [-0.15, -0.1) is 11.8 Å². The molecule has 2 heterocycles. The summed E-state index contributed by atoms with van der Waals surface area (Å²) >= 11 is 7.60. The van der Waals surface area contributed by atoms with Crippen LogP contribution in [0.2, 0.25) is 5.02 Å². The lowest BCUT2D eigenvalue weighted by atomic mass is 10.1. The molecule has 2 aliphatic heterocycles. The SMILES string of the molecule is O=C(NCc1ccc(N2CCOCC2)cc1)c1ccc([C@@H]2SCC(=O)N2Cc2ccc(Cl)cc2)cc1. The topological polar surface area (TPSA) is 61.9 Å². The highest BCUT2D eigenvalue weighted by Gasteiger charge is 2.32. The molecule has 2 saturated heterocycles. The van der Waals surface area contributed by atoms with Crippen LogP contribution >= 0.6 is 23.4 Å². The van der Waals surface area contributed by atoms with E-state index >= 15 is 0 Å². The number of nitrogens with zero attached hydrogens (tertiary/aromatic N) is 2. The van der Waals surface area contributed by atoms with Gasteiger partial charge in [0.15, 0.2) is 0 Å². The van der Waals surface area contributed by atoms with E-state index in [0.29, 0.717) is 29.4 Å². The van der Waals surface area contributed by atoms with Crippen molar-refractivity contribution in [3.8, 4) is 0 Å². The molecule has 2 aliphatic rings. The number of thioether (sulfide) groups is 1. The largest absolute Gasteiger partial charge is 0.378 e. The molecule has 36 heavy (non-hydrogen) atoms. The molecule has 0 spiro atoms. The third-order valence-electron chi connectivity index (χ3n) is 6.46. The number of benzene rings is 3. The Morgan fingerprint density at radius 1 is 0.944 bits per heavy atom. The Morgan fingerprint density at radius 3 is 2.31 bits per heavy atom. The van der Waals surface area contributed by atoms with E-state index in [9.17, 15) is 9.59 Å². The van der Waals surface area contributed by atoms with Gasteiger partial charge in [-0.2, -0.15) is 0 Å². The number of ether oxygens (including phenoxy) is 1. The summed E-state index contributed by atoms with van der Waals surface area (Å²) in [5, 5.41) is 3.61. The van der Waals surface area contributed by atoms with E-state index in [2.05, 4.69) is 34.5 Å². The first-order chi connectivity index (χ1) is 17.6. The first-order valence-corrected chi connectivity index (χ1v) is 13.4. The maximum Gasteiger partial charge on any atom is 0.251 e. The average molecular weight is 522 g/mol. The average Bonchev–Trinajstić information content (AvgIpc) is 3.29. The Labute approximate surface area is 220 Å². The Balaban J connectivity index is 1.18. The predicted molar refractivity (Wildman–Crippen MR) is 144 cm³/mol. The Morgan fingerprint density at radius 2 is 1.61 bits per heavy atom. The summed E-state index contributed by atoms with van der Waals surface area (Å²) in [5.74, 6) is 0.443. The van der Waals surface area contributed by atoms with Gasteiger partial charge in [-0.25, -0.2) is 0 Å². The van der Waals surface area contributed by atoms with Gasteiger partial charge in [0, 0.05) is 42.5 Å².